The number of hydrogen-bond donors (Lipinski definition) is 1. The number of aliphatic carboxylic acids is 1. The Kier molecular flexibility index (Phi) is 2.78. The summed E-state index contributed by atoms with van der Waals surface area (Å²) >= 11 is 0. The van der Waals surface area contributed by atoms with E-state index in [9.17, 15) is 9.90 Å². The third-order valence-electron chi connectivity index (χ3n) is 5.59. The second kappa shape index (κ2) is 4.55. The Morgan fingerprint density at radius 2 is 1.95 bits per heavy atom. The van der Waals surface area contributed by atoms with Gasteiger partial charge in [-0.15, -0.1) is 0 Å². The Morgan fingerprint density at radius 3 is 2.67 bits per heavy atom. The molecule has 2 aromatic rings. The van der Waals surface area contributed by atoms with Gasteiger partial charge in [-0.25, -0.2) is 0 Å². The standard InChI is InChI=1S/C18H19NO2/c20-17(21)15-11-18(15)8-5-12(6-9-18)13-7-10-19-16-4-2-1-3-14(13)16/h1-4,7,10,12,15H,5-6,8-9,11H2,(H,20,21)/t12?,15-,18?/m0/s1. The lowest BCUT2D eigenvalue weighted by atomic mass is 9.75. The molecule has 1 atom stereocenters. The number of fused-ring (bicyclic) bond motifs is 1. The topological polar surface area (TPSA) is 50.2 Å². The molecular formula is C18H19NO2. The Labute approximate surface area is 124 Å². The summed E-state index contributed by atoms with van der Waals surface area (Å²) in [6.45, 7) is 0. The largest absolute Gasteiger partial charge is 0.481 e. The molecule has 0 saturated heterocycles. The number of carbonyl (C=O) groups is 1. The number of carboxylic acids is 1. The summed E-state index contributed by atoms with van der Waals surface area (Å²) in [5, 5.41) is 10.4. The third kappa shape index (κ3) is 2.03. The van der Waals surface area contributed by atoms with Crippen molar-refractivity contribution >= 4 is 16.9 Å². The van der Waals surface area contributed by atoms with Gasteiger partial charge in [0.2, 0.25) is 0 Å². The van der Waals surface area contributed by atoms with Crippen LogP contribution in [0.4, 0.5) is 0 Å². The first kappa shape index (κ1) is 12.8. The molecule has 1 spiro atoms. The van der Waals surface area contributed by atoms with E-state index in [1.165, 1.54) is 10.9 Å². The molecule has 0 aliphatic heterocycles. The molecule has 0 bridgehead atoms. The highest BCUT2D eigenvalue weighted by Crippen LogP contribution is 2.63. The molecule has 4 rings (SSSR count). The summed E-state index contributed by atoms with van der Waals surface area (Å²) < 4.78 is 0. The van der Waals surface area contributed by atoms with E-state index in [1.807, 2.05) is 12.3 Å². The van der Waals surface area contributed by atoms with Gasteiger partial charge in [0.05, 0.1) is 11.4 Å². The van der Waals surface area contributed by atoms with Crippen LogP contribution in [0, 0.1) is 11.3 Å². The first-order chi connectivity index (χ1) is 10.2. The van der Waals surface area contributed by atoms with E-state index in [1.54, 1.807) is 0 Å². The van der Waals surface area contributed by atoms with Gasteiger partial charge in [0.1, 0.15) is 0 Å². The lowest BCUT2D eigenvalue weighted by Gasteiger charge is -2.30. The van der Waals surface area contributed by atoms with Gasteiger partial charge in [0.25, 0.3) is 0 Å². The average molecular weight is 281 g/mol. The van der Waals surface area contributed by atoms with Crippen molar-refractivity contribution in [3.05, 3.63) is 42.1 Å². The van der Waals surface area contributed by atoms with Gasteiger partial charge in [0.15, 0.2) is 0 Å². The van der Waals surface area contributed by atoms with Gasteiger partial charge in [-0.05, 0) is 61.1 Å². The molecule has 1 heterocycles. The second-order valence-electron chi connectivity index (χ2n) is 6.65. The monoisotopic (exact) mass is 281 g/mol. The molecule has 3 nitrogen and oxygen atoms in total. The van der Waals surface area contributed by atoms with Crippen molar-refractivity contribution in [3.63, 3.8) is 0 Å². The van der Waals surface area contributed by atoms with E-state index in [-0.39, 0.29) is 11.3 Å². The Balaban J connectivity index is 1.57. The Bertz CT molecular complexity index is 696. The van der Waals surface area contributed by atoms with E-state index < -0.39 is 5.97 Å². The van der Waals surface area contributed by atoms with E-state index in [0.29, 0.717) is 5.92 Å². The molecule has 1 N–H and O–H groups in total. The predicted octanol–water partition coefficient (Wildman–Crippen LogP) is 3.98. The fourth-order valence-electron chi connectivity index (χ4n) is 4.23. The van der Waals surface area contributed by atoms with Crippen molar-refractivity contribution in [2.45, 2.75) is 38.0 Å². The molecule has 0 radical (unpaired) electrons. The molecule has 3 heteroatoms. The minimum atomic E-state index is -0.595. The van der Waals surface area contributed by atoms with Gasteiger partial charge < -0.3 is 5.11 Å². The van der Waals surface area contributed by atoms with E-state index >= 15 is 0 Å². The quantitative estimate of drug-likeness (QED) is 0.905. The van der Waals surface area contributed by atoms with Gasteiger partial charge in [-0.1, -0.05) is 18.2 Å². The van der Waals surface area contributed by atoms with E-state index in [2.05, 4.69) is 29.2 Å². The summed E-state index contributed by atoms with van der Waals surface area (Å²) in [4.78, 5) is 15.6. The van der Waals surface area contributed by atoms with Crippen LogP contribution in [0.15, 0.2) is 36.5 Å². The maximum atomic E-state index is 11.2. The number of hydrogen-bond acceptors (Lipinski definition) is 2. The van der Waals surface area contributed by atoms with Crippen molar-refractivity contribution in [3.8, 4) is 0 Å². The molecule has 0 unspecified atom stereocenters. The third-order valence-corrected chi connectivity index (χ3v) is 5.59. The average Bonchev–Trinajstić information content (AvgIpc) is 3.22. The number of aromatic nitrogens is 1. The van der Waals surface area contributed by atoms with Crippen LogP contribution in [0.25, 0.3) is 10.9 Å². The molecule has 0 amide bonds. The fraction of sp³-hybridized carbons (Fsp3) is 0.444. The molecule has 108 valence electrons. The molecule has 2 aliphatic carbocycles. The van der Waals surface area contributed by atoms with E-state index in [0.717, 1.165) is 37.6 Å². The van der Waals surface area contributed by atoms with Gasteiger partial charge in [-0.3, -0.25) is 9.78 Å². The first-order valence-corrected chi connectivity index (χ1v) is 7.76. The summed E-state index contributed by atoms with van der Waals surface area (Å²) in [6.07, 6.45) is 7.14. The molecule has 1 aromatic carbocycles. The number of rotatable bonds is 2. The molecule has 2 saturated carbocycles. The molecular weight excluding hydrogens is 262 g/mol. The lowest BCUT2D eigenvalue weighted by molar-refractivity contribution is -0.139. The van der Waals surface area contributed by atoms with Crippen LogP contribution in [0.1, 0.15) is 43.6 Å². The SMILES string of the molecule is O=C(O)[C@@H]1CC12CCC(c1ccnc3ccccc13)CC2. The molecule has 2 aliphatic rings. The van der Waals surface area contributed by atoms with E-state index in [4.69, 9.17) is 0 Å². The van der Waals surface area contributed by atoms with Crippen LogP contribution in [0.5, 0.6) is 0 Å². The van der Waals surface area contributed by atoms with Crippen LogP contribution in [-0.4, -0.2) is 16.1 Å². The van der Waals surface area contributed by atoms with Crippen LogP contribution < -0.4 is 0 Å². The summed E-state index contributed by atoms with van der Waals surface area (Å²) in [5.74, 6) is -0.117. The zero-order valence-corrected chi connectivity index (χ0v) is 12.0. The number of carboxylic acid groups (broad SMARTS) is 1. The highest BCUT2D eigenvalue weighted by atomic mass is 16.4. The van der Waals surface area contributed by atoms with Crippen molar-refractivity contribution in [1.29, 1.82) is 0 Å². The van der Waals surface area contributed by atoms with Crippen molar-refractivity contribution in [2.24, 2.45) is 11.3 Å². The number of benzene rings is 1. The van der Waals surface area contributed by atoms with Gasteiger partial charge in [-0.2, -0.15) is 0 Å². The van der Waals surface area contributed by atoms with Gasteiger partial charge >= 0.3 is 5.97 Å². The Hall–Kier alpha value is -1.90. The summed E-state index contributed by atoms with van der Waals surface area (Å²) in [6, 6.07) is 10.5. The molecule has 1 aromatic heterocycles. The van der Waals surface area contributed by atoms with Crippen LogP contribution in [0.2, 0.25) is 0 Å². The number of para-hydroxylation sites is 1. The minimum absolute atomic E-state index is 0.0763. The maximum Gasteiger partial charge on any atom is 0.307 e. The van der Waals surface area contributed by atoms with Gasteiger partial charge in [0, 0.05) is 11.6 Å². The van der Waals surface area contributed by atoms with Crippen molar-refractivity contribution in [1.82, 2.24) is 4.98 Å². The smallest absolute Gasteiger partial charge is 0.307 e. The minimum Gasteiger partial charge on any atom is -0.481 e. The second-order valence-corrected chi connectivity index (χ2v) is 6.65. The van der Waals surface area contributed by atoms with Crippen molar-refractivity contribution < 1.29 is 9.90 Å². The summed E-state index contributed by atoms with van der Waals surface area (Å²) in [7, 11) is 0. The molecule has 2 fully saturated rings. The highest BCUT2D eigenvalue weighted by Gasteiger charge is 2.58. The predicted molar refractivity (Wildman–Crippen MR) is 81.1 cm³/mol. The maximum absolute atomic E-state index is 11.2. The summed E-state index contributed by atoms with van der Waals surface area (Å²) in [5.41, 5.74) is 2.58. The highest BCUT2D eigenvalue weighted by molar-refractivity contribution is 5.82. The first-order valence-electron chi connectivity index (χ1n) is 7.76. The number of nitrogens with zero attached hydrogens (tertiary/aromatic N) is 1. The zero-order valence-electron chi connectivity index (χ0n) is 12.0. The zero-order chi connectivity index (χ0) is 14.4. The van der Waals surface area contributed by atoms with Crippen LogP contribution >= 0.6 is 0 Å². The Morgan fingerprint density at radius 1 is 1.19 bits per heavy atom. The normalized spacial score (nSPS) is 31.4. The molecule has 21 heavy (non-hydrogen) atoms. The number of pyridine rings is 1. The lowest BCUT2D eigenvalue weighted by Crippen LogP contribution is -2.18. The fourth-order valence-corrected chi connectivity index (χ4v) is 4.23. The van der Waals surface area contributed by atoms with Crippen LogP contribution in [0.3, 0.4) is 0 Å². The van der Waals surface area contributed by atoms with Crippen LogP contribution in [-0.2, 0) is 4.79 Å². The van der Waals surface area contributed by atoms with Crippen molar-refractivity contribution in [2.75, 3.05) is 0 Å².